The number of ether oxygens (including phenoxy) is 1. The lowest BCUT2D eigenvalue weighted by Crippen LogP contribution is -2.45. The molecule has 0 saturated carbocycles. The number of hydrogen-bond donors (Lipinski definition) is 1. The van der Waals surface area contributed by atoms with Crippen LogP contribution in [0.4, 0.5) is 0 Å². The van der Waals surface area contributed by atoms with E-state index in [9.17, 15) is 9.59 Å². The molecule has 0 aromatic carbocycles. The molecular formula is C15H28N2O3. The van der Waals surface area contributed by atoms with Crippen molar-refractivity contribution in [1.29, 1.82) is 0 Å². The van der Waals surface area contributed by atoms with E-state index in [1.807, 2.05) is 19.0 Å². The number of ketones is 1. The summed E-state index contributed by atoms with van der Waals surface area (Å²) >= 11 is 0. The molecule has 1 fully saturated rings. The second kappa shape index (κ2) is 8.37. The van der Waals surface area contributed by atoms with Crippen LogP contribution in [-0.4, -0.2) is 56.0 Å². The highest BCUT2D eigenvalue weighted by molar-refractivity contribution is 5.91. The Morgan fingerprint density at radius 3 is 2.80 bits per heavy atom. The van der Waals surface area contributed by atoms with E-state index in [1.165, 1.54) is 0 Å². The van der Waals surface area contributed by atoms with Crippen molar-refractivity contribution in [3.63, 3.8) is 0 Å². The Bertz CT molecular complexity index is 331. The molecule has 1 rings (SSSR count). The zero-order chi connectivity index (χ0) is 15.1. The molecule has 20 heavy (non-hydrogen) atoms. The highest BCUT2D eigenvalue weighted by Crippen LogP contribution is 2.16. The fourth-order valence-corrected chi connectivity index (χ4v) is 2.54. The lowest BCUT2D eigenvalue weighted by Gasteiger charge is -2.21. The first-order chi connectivity index (χ1) is 9.43. The topological polar surface area (TPSA) is 58.6 Å². The summed E-state index contributed by atoms with van der Waals surface area (Å²) in [4.78, 5) is 25.9. The molecule has 0 aromatic rings. The zero-order valence-corrected chi connectivity index (χ0v) is 13.1. The van der Waals surface area contributed by atoms with E-state index in [0.29, 0.717) is 12.3 Å². The minimum absolute atomic E-state index is 0.00903. The van der Waals surface area contributed by atoms with Gasteiger partial charge in [-0.05, 0) is 26.4 Å². The van der Waals surface area contributed by atoms with Gasteiger partial charge in [0.05, 0.1) is 6.10 Å². The smallest absolute Gasteiger partial charge is 0.220 e. The third kappa shape index (κ3) is 5.59. The largest absolute Gasteiger partial charge is 0.368 e. The van der Waals surface area contributed by atoms with E-state index in [0.717, 1.165) is 25.8 Å². The van der Waals surface area contributed by atoms with Crippen LogP contribution in [0.15, 0.2) is 0 Å². The molecule has 5 nitrogen and oxygen atoms in total. The number of amides is 1. The zero-order valence-electron chi connectivity index (χ0n) is 13.1. The number of Topliss-reactive ketones (excluding diaryl/α,β-unsaturated/α-hetero) is 1. The molecule has 1 aliphatic rings. The summed E-state index contributed by atoms with van der Waals surface area (Å²) in [5.74, 6) is 0.313. The minimum Gasteiger partial charge on any atom is -0.368 e. The third-order valence-electron chi connectivity index (χ3n) is 3.65. The molecule has 116 valence electrons. The average molecular weight is 284 g/mol. The molecule has 0 aromatic heterocycles. The molecule has 1 saturated heterocycles. The second-order valence-corrected chi connectivity index (χ2v) is 6.05. The van der Waals surface area contributed by atoms with Crippen LogP contribution in [0, 0.1) is 5.92 Å². The molecule has 0 radical (unpaired) electrons. The quantitative estimate of drug-likeness (QED) is 0.728. The number of nitrogens with one attached hydrogen (secondary N) is 1. The van der Waals surface area contributed by atoms with E-state index in [4.69, 9.17) is 4.74 Å². The third-order valence-corrected chi connectivity index (χ3v) is 3.65. The summed E-state index contributed by atoms with van der Waals surface area (Å²) in [5, 5.41) is 2.86. The average Bonchev–Trinajstić information content (AvgIpc) is 2.68. The van der Waals surface area contributed by atoms with Crippen LogP contribution in [0.25, 0.3) is 0 Å². The van der Waals surface area contributed by atoms with Crippen molar-refractivity contribution in [2.24, 2.45) is 5.92 Å². The highest BCUT2D eigenvalue weighted by atomic mass is 16.5. The molecule has 0 bridgehead atoms. The van der Waals surface area contributed by atoms with Gasteiger partial charge in [-0.15, -0.1) is 0 Å². The molecule has 0 spiro atoms. The first-order valence-electron chi connectivity index (χ1n) is 7.52. The Hall–Kier alpha value is -0.940. The van der Waals surface area contributed by atoms with E-state index in [-0.39, 0.29) is 24.4 Å². The lowest BCUT2D eigenvalue weighted by atomic mass is 10.0. The molecule has 1 N–H and O–H groups in total. The monoisotopic (exact) mass is 284 g/mol. The van der Waals surface area contributed by atoms with Crippen LogP contribution < -0.4 is 5.32 Å². The second-order valence-electron chi connectivity index (χ2n) is 6.05. The molecule has 0 aliphatic carbocycles. The van der Waals surface area contributed by atoms with Gasteiger partial charge < -0.3 is 15.0 Å². The summed E-state index contributed by atoms with van der Waals surface area (Å²) < 4.78 is 5.49. The van der Waals surface area contributed by atoms with Gasteiger partial charge in [0.2, 0.25) is 5.91 Å². The lowest BCUT2D eigenvalue weighted by molar-refractivity contribution is -0.127. The van der Waals surface area contributed by atoms with Crippen LogP contribution in [-0.2, 0) is 14.3 Å². The predicted octanol–water partition coefficient (Wildman–Crippen LogP) is 1.22. The van der Waals surface area contributed by atoms with E-state index < -0.39 is 6.04 Å². The Balaban J connectivity index is 2.45. The summed E-state index contributed by atoms with van der Waals surface area (Å²) in [6.07, 6.45) is 3.17. The van der Waals surface area contributed by atoms with Crippen LogP contribution in [0.3, 0.4) is 0 Å². The van der Waals surface area contributed by atoms with Crippen molar-refractivity contribution in [2.75, 3.05) is 27.2 Å². The van der Waals surface area contributed by atoms with Gasteiger partial charge in [-0.3, -0.25) is 9.59 Å². The van der Waals surface area contributed by atoms with Crippen molar-refractivity contribution >= 4 is 11.7 Å². The van der Waals surface area contributed by atoms with E-state index in [2.05, 4.69) is 19.2 Å². The number of carbonyl (C=O) groups is 2. The first-order valence-corrected chi connectivity index (χ1v) is 7.52. The normalized spacial score (nSPS) is 24.1. The van der Waals surface area contributed by atoms with Gasteiger partial charge in [0, 0.05) is 13.0 Å². The molecular weight excluding hydrogens is 256 g/mol. The number of hydrogen-bond acceptors (Lipinski definition) is 4. The Labute approximate surface area is 122 Å². The predicted molar refractivity (Wildman–Crippen MR) is 78.5 cm³/mol. The fourth-order valence-electron chi connectivity index (χ4n) is 2.54. The van der Waals surface area contributed by atoms with E-state index in [1.54, 1.807) is 0 Å². The maximum atomic E-state index is 12.0. The number of rotatable bonds is 8. The van der Waals surface area contributed by atoms with Crippen LogP contribution in [0.5, 0.6) is 0 Å². The van der Waals surface area contributed by atoms with Gasteiger partial charge >= 0.3 is 0 Å². The van der Waals surface area contributed by atoms with Crippen molar-refractivity contribution < 1.29 is 14.3 Å². The summed E-state index contributed by atoms with van der Waals surface area (Å²) in [7, 11) is 3.97. The molecule has 1 amide bonds. The first kappa shape index (κ1) is 17.1. The molecule has 3 atom stereocenters. The van der Waals surface area contributed by atoms with Crippen molar-refractivity contribution in [3.8, 4) is 0 Å². The summed E-state index contributed by atoms with van der Waals surface area (Å²) in [5.41, 5.74) is 0. The maximum absolute atomic E-state index is 12.0. The highest BCUT2D eigenvalue weighted by Gasteiger charge is 2.36. The Morgan fingerprint density at radius 2 is 2.20 bits per heavy atom. The van der Waals surface area contributed by atoms with Gasteiger partial charge in [-0.25, -0.2) is 0 Å². The number of nitrogens with zero attached hydrogens (tertiary/aromatic N) is 1. The van der Waals surface area contributed by atoms with Crippen LogP contribution in [0.2, 0.25) is 0 Å². The fraction of sp³-hybridized carbons (Fsp3) is 0.867. The van der Waals surface area contributed by atoms with Gasteiger partial charge in [0.25, 0.3) is 0 Å². The van der Waals surface area contributed by atoms with Gasteiger partial charge in [0.1, 0.15) is 12.6 Å². The van der Waals surface area contributed by atoms with Crippen molar-refractivity contribution in [3.05, 3.63) is 0 Å². The van der Waals surface area contributed by atoms with Gasteiger partial charge in [-0.2, -0.15) is 0 Å². The molecule has 1 heterocycles. The maximum Gasteiger partial charge on any atom is 0.220 e. The van der Waals surface area contributed by atoms with Crippen LogP contribution in [0.1, 0.15) is 39.5 Å². The van der Waals surface area contributed by atoms with Crippen LogP contribution >= 0.6 is 0 Å². The van der Waals surface area contributed by atoms with Crippen molar-refractivity contribution in [1.82, 2.24) is 10.2 Å². The van der Waals surface area contributed by atoms with Gasteiger partial charge in [0.15, 0.2) is 5.78 Å². The molecule has 3 unspecified atom stereocenters. The SMILES string of the molecule is CCCC(C)CC(=O)NC1C(=O)COC1CCN(C)C. The van der Waals surface area contributed by atoms with E-state index >= 15 is 0 Å². The summed E-state index contributed by atoms with van der Waals surface area (Å²) in [6.45, 7) is 5.14. The Kier molecular flexibility index (Phi) is 7.16. The molecule has 5 heteroatoms. The standard InChI is InChI=1S/C15H28N2O3/c1-5-6-11(2)9-14(19)16-15-12(18)10-20-13(15)7-8-17(3)4/h11,13,15H,5-10H2,1-4H3,(H,16,19). The minimum atomic E-state index is -0.462. The summed E-state index contributed by atoms with van der Waals surface area (Å²) in [6, 6.07) is -0.462. The molecule has 1 aliphatic heterocycles. The Morgan fingerprint density at radius 1 is 1.50 bits per heavy atom. The van der Waals surface area contributed by atoms with Gasteiger partial charge in [-0.1, -0.05) is 26.7 Å². The van der Waals surface area contributed by atoms with Crippen molar-refractivity contribution in [2.45, 2.75) is 51.7 Å². The number of carbonyl (C=O) groups excluding carboxylic acids is 2.